The Balaban J connectivity index is 1.59. The second-order valence-electron chi connectivity index (χ2n) is 6.72. The van der Waals surface area contributed by atoms with Gasteiger partial charge in [0.15, 0.2) is 0 Å². The third kappa shape index (κ3) is 2.97. The number of fused-ring (bicyclic) bond motifs is 1. The van der Waals surface area contributed by atoms with Crippen LogP contribution in [0.25, 0.3) is 0 Å². The molecular weight excluding hydrogens is 244 g/mol. The highest BCUT2D eigenvalue weighted by Crippen LogP contribution is 2.40. The third-order valence-electron chi connectivity index (χ3n) is 5.39. The van der Waals surface area contributed by atoms with E-state index in [9.17, 15) is 15.3 Å². The Bertz CT molecular complexity index is 301. The van der Waals surface area contributed by atoms with Gasteiger partial charge in [0.2, 0.25) is 0 Å². The summed E-state index contributed by atoms with van der Waals surface area (Å²) < 4.78 is 6.20. The topological polar surface area (TPSA) is 69.9 Å². The molecule has 3 fully saturated rings. The zero-order valence-corrected chi connectivity index (χ0v) is 11.4. The number of ether oxygens (including phenoxy) is 1. The van der Waals surface area contributed by atoms with E-state index < -0.39 is 12.2 Å². The lowest BCUT2D eigenvalue weighted by Crippen LogP contribution is -2.49. The van der Waals surface area contributed by atoms with E-state index in [-0.39, 0.29) is 24.2 Å². The molecule has 1 heterocycles. The number of aliphatic hydroxyl groups excluding tert-OH is 3. The monoisotopic (exact) mass is 270 g/mol. The van der Waals surface area contributed by atoms with Crippen LogP contribution in [0.3, 0.4) is 0 Å². The van der Waals surface area contributed by atoms with Crippen molar-refractivity contribution in [3.63, 3.8) is 0 Å². The fourth-order valence-electron chi connectivity index (χ4n) is 4.24. The first-order valence-electron chi connectivity index (χ1n) is 7.83. The van der Waals surface area contributed by atoms with Crippen molar-refractivity contribution in [1.82, 2.24) is 0 Å². The van der Waals surface area contributed by atoms with Gasteiger partial charge in [0, 0.05) is 5.92 Å². The van der Waals surface area contributed by atoms with Gasteiger partial charge in [-0.1, -0.05) is 0 Å². The smallest absolute Gasteiger partial charge is 0.0656 e. The molecule has 2 saturated carbocycles. The van der Waals surface area contributed by atoms with Crippen molar-refractivity contribution >= 4 is 0 Å². The fraction of sp³-hybridized carbons (Fsp3) is 1.00. The summed E-state index contributed by atoms with van der Waals surface area (Å²) in [7, 11) is 0. The number of aliphatic hydroxyl groups is 3. The molecular formula is C15H26O4. The second kappa shape index (κ2) is 5.68. The predicted octanol–water partition coefficient (Wildman–Crippen LogP) is 1.22. The van der Waals surface area contributed by atoms with E-state index in [2.05, 4.69) is 0 Å². The zero-order valence-electron chi connectivity index (χ0n) is 11.4. The van der Waals surface area contributed by atoms with Gasteiger partial charge in [0.25, 0.3) is 0 Å². The Morgan fingerprint density at radius 3 is 2.16 bits per heavy atom. The first-order valence-corrected chi connectivity index (χ1v) is 7.83. The maximum atomic E-state index is 10.0. The number of hydrogen-bond acceptors (Lipinski definition) is 4. The average molecular weight is 270 g/mol. The molecule has 4 nitrogen and oxygen atoms in total. The van der Waals surface area contributed by atoms with Gasteiger partial charge in [-0.25, -0.2) is 0 Å². The van der Waals surface area contributed by atoms with Crippen molar-refractivity contribution in [3.8, 4) is 0 Å². The molecule has 0 aromatic carbocycles. The molecule has 0 spiro atoms. The maximum absolute atomic E-state index is 10.0. The molecule has 5 atom stereocenters. The predicted molar refractivity (Wildman–Crippen MR) is 70.6 cm³/mol. The Hall–Kier alpha value is -0.160. The summed E-state index contributed by atoms with van der Waals surface area (Å²) in [4.78, 5) is 0. The molecule has 3 N–H and O–H groups in total. The van der Waals surface area contributed by atoms with Crippen LogP contribution in [0.4, 0.5) is 0 Å². The average Bonchev–Trinajstić information content (AvgIpc) is 2.38. The molecule has 3 rings (SSSR count). The van der Waals surface area contributed by atoms with Crippen LogP contribution in [-0.2, 0) is 4.74 Å². The summed E-state index contributed by atoms with van der Waals surface area (Å²) in [6.45, 7) is 0. The fourth-order valence-corrected chi connectivity index (χ4v) is 4.24. The Labute approximate surface area is 114 Å². The van der Waals surface area contributed by atoms with Crippen molar-refractivity contribution in [2.75, 3.05) is 0 Å². The van der Waals surface area contributed by atoms with Gasteiger partial charge in [-0.3, -0.25) is 0 Å². The van der Waals surface area contributed by atoms with E-state index in [0.29, 0.717) is 18.8 Å². The van der Waals surface area contributed by atoms with Crippen LogP contribution in [0.15, 0.2) is 0 Å². The van der Waals surface area contributed by atoms with Crippen LogP contribution >= 0.6 is 0 Å². The van der Waals surface area contributed by atoms with Crippen molar-refractivity contribution in [3.05, 3.63) is 0 Å². The van der Waals surface area contributed by atoms with E-state index in [4.69, 9.17) is 4.74 Å². The largest absolute Gasteiger partial charge is 0.393 e. The molecule has 110 valence electrons. The summed E-state index contributed by atoms with van der Waals surface area (Å²) in [6.07, 6.45) is 6.47. The lowest BCUT2D eigenvalue weighted by molar-refractivity contribution is -0.172. The SMILES string of the molecule is OC1CCC(C2CCC3C(O)CC(O)CC3O2)CC1. The zero-order chi connectivity index (χ0) is 13.4. The van der Waals surface area contributed by atoms with Crippen molar-refractivity contribution in [1.29, 1.82) is 0 Å². The minimum Gasteiger partial charge on any atom is -0.393 e. The third-order valence-corrected chi connectivity index (χ3v) is 5.39. The highest BCUT2D eigenvalue weighted by Gasteiger charge is 2.43. The number of rotatable bonds is 1. The molecule has 3 aliphatic rings. The molecule has 5 unspecified atom stereocenters. The van der Waals surface area contributed by atoms with E-state index in [1.807, 2.05) is 0 Å². The summed E-state index contributed by atoms with van der Waals surface area (Å²) in [6, 6.07) is 0. The molecule has 0 aromatic rings. The minimum absolute atomic E-state index is 0.0318. The maximum Gasteiger partial charge on any atom is 0.0656 e. The van der Waals surface area contributed by atoms with Crippen molar-refractivity contribution in [2.45, 2.75) is 81.9 Å². The minimum atomic E-state index is -0.414. The summed E-state index contributed by atoms with van der Waals surface area (Å²) in [5, 5.41) is 29.4. The Kier molecular flexibility index (Phi) is 4.13. The van der Waals surface area contributed by atoms with Crippen LogP contribution < -0.4 is 0 Å². The molecule has 0 bridgehead atoms. The first kappa shape index (κ1) is 13.8. The van der Waals surface area contributed by atoms with Gasteiger partial charge in [-0.05, 0) is 57.3 Å². The van der Waals surface area contributed by atoms with E-state index in [1.54, 1.807) is 0 Å². The lowest BCUT2D eigenvalue weighted by atomic mass is 9.74. The molecule has 0 radical (unpaired) electrons. The molecule has 19 heavy (non-hydrogen) atoms. The van der Waals surface area contributed by atoms with Gasteiger partial charge >= 0.3 is 0 Å². The quantitative estimate of drug-likeness (QED) is 0.670. The standard InChI is InChI=1S/C15H26O4/c16-10-3-1-9(2-4-10)14-6-5-12-13(18)7-11(17)8-15(12)19-14/h9-18H,1-8H2. The van der Waals surface area contributed by atoms with E-state index in [1.165, 1.54) is 0 Å². The van der Waals surface area contributed by atoms with Gasteiger partial charge < -0.3 is 20.1 Å². The summed E-state index contributed by atoms with van der Waals surface area (Å²) in [5.74, 6) is 0.773. The van der Waals surface area contributed by atoms with Gasteiger partial charge in [-0.2, -0.15) is 0 Å². The van der Waals surface area contributed by atoms with Crippen LogP contribution in [0.5, 0.6) is 0 Å². The molecule has 0 amide bonds. The first-order chi connectivity index (χ1) is 9.13. The molecule has 1 saturated heterocycles. The lowest BCUT2D eigenvalue weighted by Gasteiger charge is -2.46. The van der Waals surface area contributed by atoms with Gasteiger partial charge in [0.05, 0.1) is 30.5 Å². The molecule has 4 heteroatoms. The van der Waals surface area contributed by atoms with Crippen LogP contribution in [0.1, 0.15) is 51.4 Å². The van der Waals surface area contributed by atoms with Crippen LogP contribution in [0.2, 0.25) is 0 Å². The van der Waals surface area contributed by atoms with Crippen LogP contribution in [0, 0.1) is 11.8 Å². The van der Waals surface area contributed by atoms with Crippen molar-refractivity contribution in [2.24, 2.45) is 11.8 Å². The highest BCUT2D eigenvalue weighted by molar-refractivity contribution is 4.92. The molecule has 1 aliphatic heterocycles. The summed E-state index contributed by atoms with van der Waals surface area (Å²) >= 11 is 0. The molecule has 2 aliphatic carbocycles. The second-order valence-corrected chi connectivity index (χ2v) is 6.72. The Morgan fingerprint density at radius 1 is 0.684 bits per heavy atom. The van der Waals surface area contributed by atoms with Gasteiger partial charge in [0.1, 0.15) is 0 Å². The number of hydrogen-bond donors (Lipinski definition) is 3. The normalized spacial score (nSPS) is 51.6. The van der Waals surface area contributed by atoms with E-state index in [0.717, 1.165) is 38.5 Å². The highest BCUT2D eigenvalue weighted by atomic mass is 16.5. The molecule has 0 aromatic heterocycles. The van der Waals surface area contributed by atoms with Crippen LogP contribution in [-0.4, -0.2) is 45.8 Å². The van der Waals surface area contributed by atoms with E-state index >= 15 is 0 Å². The van der Waals surface area contributed by atoms with Crippen molar-refractivity contribution < 1.29 is 20.1 Å². The Morgan fingerprint density at radius 2 is 1.42 bits per heavy atom. The summed E-state index contributed by atoms with van der Waals surface area (Å²) in [5.41, 5.74) is 0. The van der Waals surface area contributed by atoms with Gasteiger partial charge in [-0.15, -0.1) is 0 Å².